The number of carbonyl (C=O) groups is 1. The molecule has 128 valence electrons. The molecule has 0 spiro atoms. The molecule has 0 radical (unpaired) electrons. The molecular formula is C19H20N4OS. The molecule has 0 saturated carbocycles. The zero-order valence-electron chi connectivity index (χ0n) is 14.0. The lowest BCUT2D eigenvalue weighted by atomic mass is 10.1. The van der Waals surface area contributed by atoms with Gasteiger partial charge in [0.15, 0.2) is 5.17 Å². The predicted octanol–water partition coefficient (Wildman–Crippen LogP) is 4.51. The Bertz CT molecular complexity index is 916. The number of aliphatic imine (C=N–C) groups is 1. The highest BCUT2D eigenvalue weighted by Crippen LogP contribution is 2.20. The van der Waals surface area contributed by atoms with Crippen LogP contribution in [0.2, 0.25) is 0 Å². The van der Waals surface area contributed by atoms with Crippen LogP contribution in [0, 0.1) is 0 Å². The highest BCUT2D eigenvalue weighted by Gasteiger charge is 2.08. The van der Waals surface area contributed by atoms with E-state index in [1.807, 2.05) is 36.5 Å². The van der Waals surface area contributed by atoms with E-state index in [4.69, 9.17) is 5.73 Å². The van der Waals surface area contributed by atoms with Gasteiger partial charge in [-0.2, -0.15) is 0 Å². The van der Waals surface area contributed by atoms with E-state index in [1.165, 1.54) is 11.8 Å². The minimum atomic E-state index is -0.174. The van der Waals surface area contributed by atoms with Crippen molar-refractivity contribution in [3.63, 3.8) is 0 Å². The maximum atomic E-state index is 12.5. The summed E-state index contributed by atoms with van der Waals surface area (Å²) in [6, 6.07) is 14.9. The van der Waals surface area contributed by atoms with Crippen LogP contribution >= 0.6 is 11.8 Å². The number of rotatable bonds is 5. The zero-order valence-corrected chi connectivity index (χ0v) is 14.8. The van der Waals surface area contributed by atoms with Crippen molar-refractivity contribution in [2.24, 2.45) is 10.7 Å². The molecule has 0 unspecified atom stereocenters. The zero-order chi connectivity index (χ0) is 17.6. The van der Waals surface area contributed by atoms with Gasteiger partial charge in [-0.15, -0.1) is 0 Å². The largest absolute Gasteiger partial charge is 0.378 e. The highest BCUT2D eigenvalue weighted by molar-refractivity contribution is 8.13. The number of amides is 1. The first kappa shape index (κ1) is 17.1. The third-order valence-corrected chi connectivity index (χ3v) is 4.61. The summed E-state index contributed by atoms with van der Waals surface area (Å²) >= 11 is 1.51. The number of hydrogen-bond acceptors (Lipinski definition) is 3. The van der Waals surface area contributed by atoms with Crippen molar-refractivity contribution in [3.05, 3.63) is 60.3 Å². The number of aromatic amines is 1. The molecule has 6 heteroatoms. The Balaban J connectivity index is 1.74. The maximum Gasteiger partial charge on any atom is 0.255 e. The van der Waals surface area contributed by atoms with E-state index < -0.39 is 0 Å². The fraction of sp³-hybridized carbons (Fsp3) is 0.158. The van der Waals surface area contributed by atoms with Gasteiger partial charge in [0.1, 0.15) is 0 Å². The quantitative estimate of drug-likeness (QED) is 0.467. The molecule has 0 aliphatic carbocycles. The van der Waals surface area contributed by atoms with Crippen molar-refractivity contribution in [3.8, 4) is 0 Å². The van der Waals surface area contributed by atoms with Crippen LogP contribution in [0.5, 0.6) is 0 Å². The van der Waals surface area contributed by atoms with Crippen molar-refractivity contribution in [2.75, 3.05) is 11.1 Å². The summed E-state index contributed by atoms with van der Waals surface area (Å²) in [4.78, 5) is 20.0. The smallest absolute Gasteiger partial charge is 0.255 e. The van der Waals surface area contributed by atoms with Crippen LogP contribution in [0.25, 0.3) is 10.9 Å². The van der Waals surface area contributed by atoms with Crippen molar-refractivity contribution in [1.82, 2.24) is 4.98 Å². The lowest BCUT2D eigenvalue weighted by molar-refractivity contribution is 0.102. The van der Waals surface area contributed by atoms with Crippen molar-refractivity contribution >= 4 is 45.1 Å². The van der Waals surface area contributed by atoms with Gasteiger partial charge in [-0.1, -0.05) is 24.8 Å². The van der Waals surface area contributed by atoms with Gasteiger partial charge >= 0.3 is 0 Å². The normalized spacial score (nSPS) is 11.6. The second-order valence-electron chi connectivity index (χ2n) is 5.58. The van der Waals surface area contributed by atoms with Gasteiger partial charge in [-0.25, -0.2) is 4.99 Å². The number of nitrogens with two attached hydrogens (primary N) is 1. The number of carbonyl (C=O) groups excluding carboxylic acids is 1. The van der Waals surface area contributed by atoms with Crippen LogP contribution in [0.1, 0.15) is 23.7 Å². The number of amidine groups is 1. The van der Waals surface area contributed by atoms with E-state index in [1.54, 1.807) is 18.2 Å². The fourth-order valence-electron chi connectivity index (χ4n) is 2.42. The number of benzene rings is 2. The predicted molar refractivity (Wildman–Crippen MR) is 107 cm³/mol. The molecule has 1 heterocycles. The van der Waals surface area contributed by atoms with Crippen LogP contribution in [0.3, 0.4) is 0 Å². The number of fused-ring (bicyclic) bond motifs is 1. The van der Waals surface area contributed by atoms with Crippen LogP contribution in [0.15, 0.2) is 59.7 Å². The molecule has 0 bridgehead atoms. The maximum absolute atomic E-state index is 12.5. The Morgan fingerprint density at radius 3 is 2.96 bits per heavy atom. The van der Waals surface area contributed by atoms with Crippen molar-refractivity contribution in [1.29, 1.82) is 0 Å². The minimum Gasteiger partial charge on any atom is -0.378 e. The molecule has 3 aromatic rings. The Kier molecular flexibility index (Phi) is 5.40. The van der Waals surface area contributed by atoms with Gasteiger partial charge in [-0.05, 0) is 48.9 Å². The number of aromatic nitrogens is 1. The molecule has 2 aromatic carbocycles. The first-order valence-electron chi connectivity index (χ1n) is 8.11. The van der Waals surface area contributed by atoms with E-state index >= 15 is 0 Å². The van der Waals surface area contributed by atoms with Crippen LogP contribution < -0.4 is 11.1 Å². The lowest BCUT2D eigenvalue weighted by Crippen LogP contribution is -2.11. The number of anilines is 1. The summed E-state index contributed by atoms with van der Waals surface area (Å²) in [5.41, 5.74) is 8.90. The molecule has 1 aromatic heterocycles. The molecule has 0 atom stereocenters. The van der Waals surface area contributed by atoms with E-state index in [2.05, 4.69) is 22.2 Å². The van der Waals surface area contributed by atoms with Gasteiger partial charge in [-0.3, -0.25) is 4.79 Å². The standard InChI is InChI=1S/C19H20N4OS/c1-2-10-25-19(20)23-15-5-3-4-14(12-15)18(24)22-16-6-7-17-13(11-16)8-9-21-17/h3-9,11-12,21H,2,10H2,1H3,(H2,20,23)(H,22,24). The fourth-order valence-corrected chi connectivity index (χ4v) is 3.00. The molecule has 5 nitrogen and oxygen atoms in total. The third kappa shape index (κ3) is 4.42. The number of hydrogen-bond donors (Lipinski definition) is 3. The average Bonchev–Trinajstić information content (AvgIpc) is 3.08. The van der Waals surface area contributed by atoms with E-state index in [0.29, 0.717) is 16.4 Å². The summed E-state index contributed by atoms with van der Waals surface area (Å²) in [7, 11) is 0. The van der Waals surface area contributed by atoms with E-state index in [9.17, 15) is 4.79 Å². The molecule has 0 fully saturated rings. The average molecular weight is 352 g/mol. The lowest BCUT2D eigenvalue weighted by Gasteiger charge is -2.06. The van der Waals surface area contributed by atoms with Gasteiger partial charge in [0, 0.05) is 34.1 Å². The molecule has 1 amide bonds. The minimum absolute atomic E-state index is 0.174. The first-order valence-corrected chi connectivity index (χ1v) is 9.10. The third-order valence-electron chi connectivity index (χ3n) is 3.61. The summed E-state index contributed by atoms with van der Waals surface area (Å²) < 4.78 is 0. The summed E-state index contributed by atoms with van der Waals surface area (Å²) in [6.45, 7) is 2.09. The number of thioether (sulfide) groups is 1. The van der Waals surface area contributed by atoms with Gasteiger partial charge in [0.05, 0.1) is 5.69 Å². The second kappa shape index (κ2) is 7.90. The summed E-state index contributed by atoms with van der Waals surface area (Å²) in [5.74, 6) is 0.753. The molecule has 0 aliphatic heterocycles. The molecule has 4 N–H and O–H groups in total. The summed E-state index contributed by atoms with van der Waals surface area (Å²) in [5, 5.41) is 4.48. The SMILES string of the molecule is CCCS/C(N)=N\c1cccc(C(=O)Nc2ccc3[nH]ccc3c2)c1. The molecule has 3 rings (SSSR count). The van der Waals surface area contributed by atoms with Crippen LogP contribution in [0.4, 0.5) is 11.4 Å². The van der Waals surface area contributed by atoms with Crippen molar-refractivity contribution < 1.29 is 4.79 Å². The number of H-pyrrole nitrogens is 1. The Morgan fingerprint density at radius 1 is 1.24 bits per heavy atom. The van der Waals surface area contributed by atoms with Crippen LogP contribution in [-0.2, 0) is 0 Å². The Labute approximate surface area is 150 Å². The first-order chi connectivity index (χ1) is 12.2. The van der Waals surface area contributed by atoms with Gasteiger partial charge < -0.3 is 16.0 Å². The summed E-state index contributed by atoms with van der Waals surface area (Å²) in [6.07, 6.45) is 2.91. The van der Waals surface area contributed by atoms with E-state index in [-0.39, 0.29) is 5.91 Å². The van der Waals surface area contributed by atoms with Gasteiger partial charge in [0.2, 0.25) is 0 Å². The second-order valence-corrected chi connectivity index (χ2v) is 6.70. The van der Waals surface area contributed by atoms with E-state index in [0.717, 1.165) is 28.8 Å². The highest BCUT2D eigenvalue weighted by atomic mass is 32.2. The molecule has 0 saturated heterocycles. The molecular weight excluding hydrogens is 332 g/mol. The van der Waals surface area contributed by atoms with Crippen LogP contribution in [-0.4, -0.2) is 21.8 Å². The van der Waals surface area contributed by atoms with Gasteiger partial charge in [0.25, 0.3) is 5.91 Å². The monoisotopic (exact) mass is 352 g/mol. The Hall–Kier alpha value is -2.73. The molecule has 0 aliphatic rings. The van der Waals surface area contributed by atoms with Crippen molar-refractivity contribution in [2.45, 2.75) is 13.3 Å². The topological polar surface area (TPSA) is 83.3 Å². The number of nitrogens with zero attached hydrogens (tertiary/aromatic N) is 1. The molecule has 25 heavy (non-hydrogen) atoms. The number of nitrogens with one attached hydrogen (secondary N) is 2. The Morgan fingerprint density at radius 2 is 2.12 bits per heavy atom.